The number of aromatic nitrogens is 1. The number of hydrogen-bond acceptors (Lipinski definition) is 4. The summed E-state index contributed by atoms with van der Waals surface area (Å²) in [7, 11) is 0. The molecule has 28 heavy (non-hydrogen) atoms. The van der Waals surface area contributed by atoms with Crippen LogP contribution in [0.4, 0.5) is 0 Å². The van der Waals surface area contributed by atoms with E-state index in [0.29, 0.717) is 12.3 Å². The van der Waals surface area contributed by atoms with Crippen LogP contribution in [-0.4, -0.2) is 35.5 Å². The molecule has 1 aliphatic heterocycles. The number of aryl methyl sites for hydroxylation is 1. The van der Waals surface area contributed by atoms with Gasteiger partial charge in [-0.3, -0.25) is 4.79 Å². The van der Waals surface area contributed by atoms with Crippen molar-refractivity contribution < 1.29 is 9.53 Å². The van der Waals surface area contributed by atoms with Crippen molar-refractivity contribution in [2.75, 3.05) is 19.7 Å². The highest BCUT2D eigenvalue weighted by molar-refractivity contribution is 7.13. The minimum Gasteiger partial charge on any atom is -0.484 e. The van der Waals surface area contributed by atoms with Crippen molar-refractivity contribution in [2.45, 2.75) is 13.3 Å². The minimum atomic E-state index is 0.0167. The van der Waals surface area contributed by atoms with Crippen molar-refractivity contribution in [3.63, 3.8) is 0 Å². The summed E-state index contributed by atoms with van der Waals surface area (Å²) in [6.07, 6.45) is 3.01. The van der Waals surface area contributed by atoms with Crippen LogP contribution in [0, 0.1) is 6.92 Å². The van der Waals surface area contributed by atoms with Crippen LogP contribution in [-0.2, 0) is 4.79 Å². The van der Waals surface area contributed by atoms with Crippen LogP contribution in [0.25, 0.3) is 16.1 Å². The van der Waals surface area contributed by atoms with Gasteiger partial charge in [-0.1, -0.05) is 36.4 Å². The molecule has 0 N–H and O–H groups in total. The van der Waals surface area contributed by atoms with Crippen LogP contribution in [0.5, 0.6) is 5.75 Å². The Kier molecular flexibility index (Phi) is 5.53. The van der Waals surface area contributed by atoms with E-state index in [-0.39, 0.29) is 12.5 Å². The summed E-state index contributed by atoms with van der Waals surface area (Å²) in [4.78, 5) is 18.8. The molecule has 4 rings (SSSR count). The maximum absolute atomic E-state index is 12.5. The Morgan fingerprint density at radius 3 is 2.54 bits per heavy atom. The van der Waals surface area contributed by atoms with E-state index in [9.17, 15) is 4.79 Å². The number of hydrogen-bond donors (Lipinski definition) is 0. The van der Waals surface area contributed by atoms with Crippen molar-refractivity contribution in [1.29, 1.82) is 0 Å². The van der Waals surface area contributed by atoms with Gasteiger partial charge >= 0.3 is 0 Å². The number of nitrogens with zero attached hydrogens (tertiary/aromatic N) is 2. The molecule has 0 saturated carbocycles. The normalized spacial score (nSPS) is 13.9. The van der Waals surface area contributed by atoms with Crippen molar-refractivity contribution in [3.05, 3.63) is 77.3 Å². The predicted molar refractivity (Wildman–Crippen MR) is 113 cm³/mol. The van der Waals surface area contributed by atoms with E-state index in [4.69, 9.17) is 4.74 Å². The number of benzene rings is 2. The topological polar surface area (TPSA) is 42.4 Å². The molecule has 0 bridgehead atoms. The first-order valence-electron chi connectivity index (χ1n) is 9.36. The fraction of sp³-hybridized carbons (Fsp3) is 0.217. The molecule has 142 valence electrons. The summed E-state index contributed by atoms with van der Waals surface area (Å²) in [6, 6.07) is 18.1. The Morgan fingerprint density at radius 2 is 1.89 bits per heavy atom. The van der Waals surface area contributed by atoms with Gasteiger partial charge in [-0.05, 0) is 48.7 Å². The third-order valence-electron chi connectivity index (χ3n) is 4.79. The molecule has 2 aromatic carbocycles. The number of rotatable bonds is 5. The van der Waals surface area contributed by atoms with Gasteiger partial charge < -0.3 is 9.64 Å². The molecule has 0 atom stereocenters. The number of thiazole rings is 1. The quantitative estimate of drug-likeness (QED) is 0.628. The number of amides is 1. The minimum absolute atomic E-state index is 0.0167. The summed E-state index contributed by atoms with van der Waals surface area (Å²) in [5.41, 5.74) is 4.63. The van der Waals surface area contributed by atoms with Crippen LogP contribution in [0.15, 0.2) is 66.1 Å². The Labute approximate surface area is 169 Å². The molecule has 1 aliphatic rings. The monoisotopic (exact) mass is 390 g/mol. The molecule has 0 fully saturated rings. The summed E-state index contributed by atoms with van der Waals surface area (Å²) < 4.78 is 5.70. The molecule has 3 aromatic rings. The van der Waals surface area contributed by atoms with Crippen LogP contribution < -0.4 is 4.74 Å². The fourth-order valence-electron chi connectivity index (χ4n) is 3.23. The van der Waals surface area contributed by atoms with E-state index in [1.54, 1.807) is 11.3 Å². The van der Waals surface area contributed by atoms with Gasteiger partial charge in [0.15, 0.2) is 6.61 Å². The van der Waals surface area contributed by atoms with Gasteiger partial charge in [0.05, 0.1) is 0 Å². The van der Waals surface area contributed by atoms with E-state index < -0.39 is 0 Å². The van der Waals surface area contributed by atoms with Gasteiger partial charge in [0, 0.05) is 29.7 Å². The number of carbonyl (C=O) groups is 1. The molecule has 4 nitrogen and oxygen atoms in total. The second-order valence-corrected chi connectivity index (χ2v) is 7.65. The van der Waals surface area contributed by atoms with Gasteiger partial charge in [-0.15, -0.1) is 11.3 Å². The zero-order chi connectivity index (χ0) is 19.3. The van der Waals surface area contributed by atoms with Crippen molar-refractivity contribution in [1.82, 2.24) is 9.88 Å². The van der Waals surface area contributed by atoms with E-state index in [1.165, 1.54) is 11.1 Å². The molecule has 2 heterocycles. The number of ether oxygens (including phenoxy) is 1. The average Bonchev–Trinajstić information content (AvgIpc) is 3.19. The van der Waals surface area contributed by atoms with Crippen molar-refractivity contribution in [2.24, 2.45) is 0 Å². The summed E-state index contributed by atoms with van der Waals surface area (Å²) in [6.45, 7) is 3.41. The third kappa shape index (κ3) is 4.31. The predicted octanol–water partition coefficient (Wildman–Crippen LogP) is 4.81. The molecule has 0 radical (unpaired) electrons. The highest BCUT2D eigenvalue weighted by Crippen LogP contribution is 2.26. The lowest BCUT2D eigenvalue weighted by Gasteiger charge is -2.26. The van der Waals surface area contributed by atoms with E-state index in [0.717, 1.165) is 29.2 Å². The summed E-state index contributed by atoms with van der Waals surface area (Å²) in [5.74, 6) is 0.714. The standard InChI is InChI=1S/C23H22N2O2S/c1-17-16-28-23(24-17)20-7-9-21(10-8-20)27-15-22(26)25-13-11-19(12-14-25)18-5-3-2-4-6-18/h2-11,16H,12-15H2,1H3. The molecule has 1 amide bonds. The third-order valence-corrected chi connectivity index (χ3v) is 5.80. The molecule has 0 unspecified atom stereocenters. The lowest BCUT2D eigenvalue weighted by atomic mass is 10.00. The highest BCUT2D eigenvalue weighted by atomic mass is 32.1. The largest absolute Gasteiger partial charge is 0.484 e. The molecule has 0 aliphatic carbocycles. The number of carbonyl (C=O) groups excluding carboxylic acids is 1. The van der Waals surface area contributed by atoms with Gasteiger partial charge in [0.2, 0.25) is 0 Å². The smallest absolute Gasteiger partial charge is 0.260 e. The van der Waals surface area contributed by atoms with Crippen molar-refractivity contribution >= 4 is 22.8 Å². The van der Waals surface area contributed by atoms with Crippen molar-refractivity contribution in [3.8, 4) is 16.3 Å². The van der Waals surface area contributed by atoms with Gasteiger partial charge in [-0.25, -0.2) is 4.98 Å². The molecule has 0 saturated heterocycles. The van der Waals surface area contributed by atoms with Crippen LogP contribution >= 0.6 is 11.3 Å². The zero-order valence-corrected chi connectivity index (χ0v) is 16.6. The van der Waals surface area contributed by atoms with E-state index in [2.05, 4.69) is 23.2 Å². The maximum Gasteiger partial charge on any atom is 0.260 e. The molecular weight excluding hydrogens is 368 g/mol. The highest BCUT2D eigenvalue weighted by Gasteiger charge is 2.18. The van der Waals surface area contributed by atoms with Gasteiger partial charge in [0.1, 0.15) is 10.8 Å². The Hall–Kier alpha value is -2.92. The Morgan fingerprint density at radius 1 is 1.11 bits per heavy atom. The molecular formula is C23H22N2O2S. The average molecular weight is 391 g/mol. The fourth-order valence-corrected chi connectivity index (χ4v) is 4.03. The molecule has 1 aromatic heterocycles. The molecule has 5 heteroatoms. The first-order chi connectivity index (χ1) is 13.7. The lowest BCUT2D eigenvalue weighted by Crippen LogP contribution is -2.37. The maximum atomic E-state index is 12.5. The zero-order valence-electron chi connectivity index (χ0n) is 15.8. The Balaban J connectivity index is 1.31. The summed E-state index contributed by atoms with van der Waals surface area (Å²) in [5, 5.41) is 3.03. The first kappa shape index (κ1) is 18.4. The van der Waals surface area contributed by atoms with Crippen LogP contribution in [0.3, 0.4) is 0 Å². The lowest BCUT2D eigenvalue weighted by molar-refractivity contribution is -0.132. The SMILES string of the molecule is Cc1csc(-c2ccc(OCC(=O)N3CC=C(c4ccccc4)CC3)cc2)n1. The first-order valence-corrected chi connectivity index (χ1v) is 10.2. The van der Waals surface area contributed by atoms with E-state index >= 15 is 0 Å². The second kappa shape index (κ2) is 8.40. The summed E-state index contributed by atoms with van der Waals surface area (Å²) >= 11 is 1.63. The second-order valence-electron chi connectivity index (χ2n) is 6.79. The van der Waals surface area contributed by atoms with Gasteiger partial charge in [-0.2, -0.15) is 0 Å². The van der Waals surface area contributed by atoms with Crippen LogP contribution in [0.1, 0.15) is 17.7 Å². The van der Waals surface area contributed by atoms with E-state index in [1.807, 2.05) is 59.7 Å². The van der Waals surface area contributed by atoms with Gasteiger partial charge in [0.25, 0.3) is 5.91 Å². The Bertz CT molecular complexity index is 977. The molecule has 0 spiro atoms. The van der Waals surface area contributed by atoms with Crippen LogP contribution in [0.2, 0.25) is 0 Å².